The van der Waals surface area contributed by atoms with Gasteiger partial charge in [0.1, 0.15) is 10.1 Å². The highest BCUT2D eigenvalue weighted by Gasteiger charge is 2.21. The monoisotopic (exact) mass is 371 g/mol. The van der Waals surface area contributed by atoms with E-state index in [1.807, 2.05) is 66.7 Å². The summed E-state index contributed by atoms with van der Waals surface area (Å²) in [6.07, 6.45) is 5.58. The molecule has 120 valence electrons. The van der Waals surface area contributed by atoms with Gasteiger partial charge in [-0.2, -0.15) is 0 Å². The Morgan fingerprint density at radius 1 is 1.08 bits per heavy atom. The third-order valence-corrected chi connectivity index (χ3v) is 5.55. The number of halogens is 1. The van der Waals surface area contributed by atoms with E-state index in [-0.39, 0.29) is 5.12 Å². The van der Waals surface area contributed by atoms with Crippen LogP contribution in [0.1, 0.15) is 11.1 Å². The number of carbonyl (C=O) groups is 1. The van der Waals surface area contributed by atoms with E-state index in [1.54, 1.807) is 17.8 Å². The molecule has 0 radical (unpaired) electrons. The maximum absolute atomic E-state index is 12.0. The Hall–Kier alpha value is -1.75. The molecule has 1 heterocycles. The number of thioether (sulfide) groups is 2. The van der Waals surface area contributed by atoms with E-state index >= 15 is 0 Å². The summed E-state index contributed by atoms with van der Waals surface area (Å²) < 4.78 is 0.786. The molecule has 0 fully saturated rings. The molecular weight excluding hydrogens is 358 g/mol. The molecule has 2 aromatic rings. The number of carbonyl (C=O) groups excluding carboxylic acids is 1. The maximum atomic E-state index is 12.0. The fourth-order valence-electron chi connectivity index (χ4n) is 2.01. The maximum Gasteiger partial charge on any atom is 0.244 e. The van der Waals surface area contributed by atoms with Gasteiger partial charge in [-0.1, -0.05) is 78.0 Å². The van der Waals surface area contributed by atoms with Crippen molar-refractivity contribution in [2.75, 3.05) is 0 Å². The van der Waals surface area contributed by atoms with E-state index in [0.29, 0.717) is 5.70 Å². The molecule has 0 aromatic heterocycles. The van der Waals surface area contributed by atoms with Crippen molar-refractivity contribution in [3.8, 4) is 0 Å². The minimum Gasteiger partial charge on any atom is -0.279 e. The highest BCUT2D eigenvalue weighted by Crippen LogP contribution is 2.31. The molecule has 2 aromatic carbocycles. The van der Waals surface area contributed by atoms with Crippen LogP contribution in [0, 0.1) is 0 Å². The smallest absolute Gasteiger partial charge is 0.244 e. The van der Waals surface area contributed by atoms with Crippen LogP contribution in [0.15, 0.2) is 77.4 Å². The fourth-order valence-corrected chi connectivity index (χ4v) is 3.94. The average Bonchev–Trinajstić information content (AvgIpc) is 2.95. The third kappa shape index (κ3) is 4.87. The summed E-state index contributed by atoms with van der Waals surface area (Å²) in [6, 6.07) is 17.7. The Labute approximate surface area is 154 Å². The summed E-state index contributed by atoms with van der Waals surface area (Å²) in [7, 11) is 0. The number of hydrogen-bond donors (Lipinski definition) is 0. The lowest BCUT2D eigenvalue weighted by molar-refractivity contribution is -0.107. The molecule has 24 heavy (non-hydrogen) atoms. The molecule has 0 atom stereocenters. The van der Waals surface area contributed by atoms with Gasteiger partial charge in [-0.15, -0.1) is 0 Å². The minimum absolute atomic E-state index is 0.00804. The van der Waals surface area contributed by atoms with Gasteiger partial charge in [0.15, 0.2) is 0 Å². The van der Waals surface area contributed by atoms with Gasteiger partial charge in [-0.25, -0.2) is 4.99 Å². The van der Waals surface area contributed by atoms with Crippen LogP contribution >= 0.6 is 35.1 Å². The molecule has 0 saturated carbocycles. The zero-order chi connectivity index (χ0) is 16.8. The van der Waals surface area contributed by atoms with Crippen molar-refractivity contribution in [1.82, 2.24) is 0 Å². The highest BCUT2D eigenvalue weighted by molar-refractivity contribution is 8.45. The van der Waals surface area contributed by atoms with Crippen molar-refractivity contribution in [3.63, 3.8) is 0 Å². The van der Waals surface area contributed by atoms with Crippen molar-refractivity contribution in [2.24, 2.45) is 4.99 Å². The quantitative estimate of drug-likeness (QED) is 0.636. The predicted molar refractivity (Wildman–Crippen MR) is 106 cm³/mol. The van der Waals surface area contributed by atoms with Crippen LogP contribution in [0.2, 0.25) is 5.02 Å². The van der Waals surface area contributed by atoms with Crippen LogP contribution < -0.4 is 0 Å². The molecule has 0 spiro atoms. The van der Waals surface area contributed by atoms with Crippen LogP contribution in [-0.2, 0) is 10.5 Å². The van der Waals surface area contributed by atoms with Crippen LogP contribution in [0.4, 0.5) is 0 Å². The first-order valence-electron chi connectivity index (χ1n) is 7.32. The first-order chi connectivity index (χ1) is 11.7. The Morgan fingerprint density at radius 2 is 1.83 bits per heavy atom. The van der Waals surface area contributed by atoms with Crippen LogP contribution in [-0.4, -0.2) is 9.49 Å². The normalized spacial score (nSPS) is 16.1. The van der Waals surface area contributed by atoms with E-state index in [2.05, 4.69) is 4.99 Å². The van der Waals surface area contributed by atoms with E-state index in [0.717, 1.165) is 26.3 Å². The predicted octanol–water partition coefficient (Wildman–Crippen LogP) is 5.80. The number of benzene rings is 2. The van der Waals surface area contributed by atoms with Crippen molar-refractivity contribution in [2.45, 2.75) is 5.75 Å². The lowest BCUT2D eigenvalue weighted by atomic mass is 10.2. The number of nitrogens with zero attached hydrogens (tertiary/aromatic N) is 1. The topological polar surface area (TPSA) is 29.4 Å². The summed E-state index contributed by atoms with van der Waals surface area (Å²) >= 11 is 8.63. The minimum atomic E-state index is -0.00804. The van der Waals surface area contributed by atoms with E-state index in [9.17, 15) is 4.79 Å². The summed E-state index contributed by atoms with van der Waals surface area (Å²) in [4.78, 5) is 16.4. The Balaban J connectivity index is 1.61. The van der Waals surface area contributed by atoms with Crippen molar-refractivity contribution in [3.05, 3.63) is 88.6 Å². The second-order valence-corrected chi connectivity index (χ2v) is 7.62. The molecule has 3 rings (SSSR count). The van der Waals surface area contributed by atoms with Crippen LogP contribution in [0.25, 0.3) is 6.08 Å². The van der Waals surface area contributed by atoms with Gasteiger partial charge in [-0.05, 0) is 41.1 Å². The second kappa shape index (κ2) is 8.38. The molecule has 0 aliphatic carbocycles. The van der Waals surface area contributed by atoms with E-state index in [1.165, 1.54) is 11.8 Å². The summed E-state index contributed by atoms with van der Waals surface area (Å²) in [5, 5.41) is 0.716. The van der Waals surface area contributed by atoms with Crippen LogP contribution in [0.3, 0.4) is 0 Å². The van der Waals surface area contributed by atoms with Gasteiger partial charge in [0.05, 0.1) is 0 Å². The van der Waals surface area contributed by atoms with E-state index in [4.69, 9.17) is 11.6 Å². The van der Waals surface area contributed by atoms with Gasteiger partial charge in [-0.3, -0.25) is 4.79 Å². The zero-order valence-electron chi connectivity index (χ0n) is 12.7. The molecule has 0 saturated heterocycles. The summed E-state index contributed by atoms with van der Waals surface area (Å²) in [6.45, 7) is 0. The van der Waals surface area contributed by atoms with Crippen LogP contribution in [0.5, 0.6) is 0 Å². The average molecular weight is 372 g/mol. The fraction of sp³-hybridized carbons (Fsp3) is 0.0526. The molecule has 1 aliphatic heterocycles. The summed E-state index contributed by atoms with van der Waals surface area (Å²) in [5.41, 5.74) is 2.74. The standard InChI is InChI=1S/C19H14ClNOS2/c20-16-11-9-15(10-12-16)13-23-19-21-17(18(22)24-19)8-4-7-14-5-2-1-3-6-14/h1-12H,13H2/b7-4+,17-8-. The van der Waals surface area contributed by atoms with Gasteiger partial charge < -0.3 is 0 Å². The second-order valence-electron chi connectivity index (χ2n) is 5.00. The van der Waals surface area contributed by atoms with Gasteiger partial charge in [0.2, 0.25) is 5.12 Å². The first kappa shape index (κ1) is 17.1. The third-order valence-electron chi connectivity index (χ3n) is 3.22. The molecule has 2 nitrogen and oxygen atoms in total. The first-order valence-corrected chi connectivity index (χ1v) is 9.50. The SMILES string of the molecule is O=C1SC(SCc2ccc(Cl)cc2)=N/C1=C\C=C\c1ccccc1. The molecule has 0 unspecified atom stereocenters. The molecule has 0 N–H and O–H groups in total. The summed E-state index contributed by atoms with van der Waals surface area (Å²) in [5.74, 6) is 0.767. The largest absolute Gasteiger partial charge is 0.279 e. The number of rotatable bonds is 4. The molecule has 0 amide bonds. The Morgan fingerprint density at radius 3 is 2.58 bits per heavy atom. The van der Waals surface area contributed by atoms with Gasteiger partial charge in [0.25, 0.3) is 0 Å². The van der Waals surface area contributed by atoms with Crippen molar-refractivity contribution < 1.29 is 4.79 Å². The van der Waals surface area contributed by atoms with E-state index < -0.39 is 0 Å². The van der Waals surface area contributed by atoms with Gasteiger partial charge in [0, 0.05) is 10.8 Å². The van der Waals surface area contributed by atoms with Crippen molar-refractivity contribution in [1.29, 1.82) is 0 Å². The molecule has 5 heteroatoms. The zero-order valence-corrected chi connectivity index (χ0v) is 15.1. The highest BCUT2D eigenvalue weighted by atomic mass is 35.5. The molecule has 1 aliphatic rings. The van der Waals surface area contributed by atoms with Gasteiger partial charge >= 0.3 is 0 Å². The number of aliphatic imine (C=N–C) groups is 1. The molecule has 0 bridgehead atoms. The number of hydrogen-bond acceptors (Lipinski definition) is 4. The van der Waals surface area contributed by atoms with Crippen molar-refractivity contribution >= 4 is 50.7 Å². The lowest BCUT2D eigenvalue weighted by Gasteiger charge is -1.99. The Kier molecular flexibility index (Phi) is 5.96. The number of allylic oxidation sites excluding steroid dienone is 2. The molecular formula is C19H14ClNOS2. The Bertz CT molecular complexity index is 811. The lowest BCUT2D eigenvalue weighted by Crippen LogP contribution is -1.87.